The Kier molecular flexibility index (Phi) is 3.44. The molecule has 2 unspecified atom stereocenters. The molecule has 1 aliphatic heterocycles. The third-order valence-corrected chi connectivity index (χ3v) is 3.92. The van der Waals surface area contributed by atoms with E-state index >= 15 is 0 Å². The maximum absolute atomic E-state index is 5.74. The van der Waals surface area contributed by atoms with Crippen molar-refractivity contribution in [1.29, 1.82) is 0 Å². The van der Waals surface area contributed by atoms with E-state index in [-0.39, 0.29) is 6.10 Å². The van der Waals surface area contributed by atoms with Crippen molar-refractivity contribution in [3.8, 4) is 0 Å². The summed E-state index contributed by atoms with van der Waals surface area (Å²) < 4.78 is 6.89. The van der Waals surface area contributed by atoms with Gasteiger partial charge in [0.15, 0.2) is 0 Å². The van der Waals surface area contributed by atoms with Gasteiger partial charge in [-0.25, -0.2) is 0 Å². The molecule has 2 atom stereocenters. The van der Waals surface area contributed by atoms with Gasteiger partial charge in [0, 0.05) is 17.0 Å². The molecule has 1 fully saturated rings. The molecule has 82 valence electrons. The lowest BCUT2D eigenvalue weighted by atomic mass is 9.95. The molecule has 0 saturated carbocycles. The highest BCUT2D eigenvalue weighted by Gasteiger charge is 2.28. The molecule has 3 heteroatoms. The molecule has 0 bridgehead atoms. The van der Waals surface area contributed by atoms with Gasteiger partial charge in [0.05, 0.1) is 6.10 Å². The second kappa shape index (κ2) is 4.64. The molecule has 1 saturated heterocycles. The quantitative estimate of drug-likeness (QED) is 0.896. The van der Waals surface area contributed by atoms with E-state index in [1.807, 2.05) is 0 Å². The van der Waals surface area contributed by atoms with Crippen molar-refractivity contribution in [3.63, 3.8) is 0 Å². The van der Waals surface area contributed by atoms with Crippen molar-refractivity contribution in [2.75, 3.05) is 13.2 Å². The van der Waals surface area contributed by atoms with Crippen molar-refractivity contribution >= 4 is 15.9 Å². The van der Waals surface area contributed by atoms with Gasteiger partial charge in [-0.3, -0.25) is 0 Å². The molecule has 1 aliphatic rings. The van der Waals surface area contributed by atoms with Gasteiger partial charge < -0.3 is 10.5 Å². The maximum atomic E-state index is 5.74. The molecule has 0 aliphatic carbocycles. The van der Waals surface area contributed by atoms with E-state index in [1.165, 1.54) is 11.1 Å². The van der Waals surface area contributed by atoms with E-state index in [2.05, 4.69) is 41.1 Å². The molecule has 0 aromatic heterocycles. The van der Waals surface area contributed by atoms with E-state index in [0.29, 0.717) is 12.5 Å². The van der Waals surface area contributed by atoms with E-state index in [0.717, 1.165) is 17.5 Å². The van der Waals surface area contributed by atoms with Crippen LogP contribution in [-0.2, 0) is 4.74 Å². The summed E-state index contributed by atoms with van der Waals surface area (Å²) in [7, 11) is 0. The minimum atomic E-state index is 0.196. The highest BCUT2D eigenvalue weighted by Crippen LogP contribution is 2.35. The first-order valence-corrected chi connectivity index (χ1v) is 6.09. The lowest BCUT2D eigenvalue weighted by molar-refractivity contribution is 0.0924. The Morgan fingerprint density at radius 2 is 2.33 bits per heavy atom. The number of hydrogen-bond acceptors (Lipinski definition) is 2. The summed E-state index contributed by atoms with van der Waals surface area (Å²) in [4.78, 5) is 0. The summed E-state index contributed by atoms with van der Waals surface area (Å²) in [6, 6.07) is 6.39. The Bertz CT molecular complexity index is 353. The Labute approximate surface area is 98.9 Å². The zero-order chi connectivity index (χ0) is 10.8. The highest BCUT2D eigenvalue weighted by atomic mass is 79.9. The van der Waals surface area contributed by atoms with Crippen LogP contribution in [0.2, 0.25) is 0 Å². The number of nitrogens with two attached hydrogens (primary N) is 1. The van der Waals surface area contributed by atoms with E-state index in [1.54, 1.807) is 0 Å². The van der Waals surface area contributed by atoms with Crippen LogP contribution in [0.15, 0.2) is 22.7 Å². The smallest absolute Gasteiger partial charge is 0.0866 e. The van der Waals surface area contributed by atoms with Gasteiger partial charge >= 0.3 is 0 Å². The fraction of sp³-hybridized carbons (Fsp3) is 0.500. The molecular formula is C12H16BrNO. The summed E-state index contributed by atoms with van der Waals surface area (Å²) in [6.45, 7) is 3.64. The van der Waals surface area contributed by atoms with Crippen LogP contribution < -0.4 is 5.73 Å². The maximum Gasteiger partial charge on any atom is 0.0866 e. The minimum Gasteiger partial charge on any atom is -0.373 e. The predicted octanol–water partition coefficient (Wildman–Crippen LogP) is 2.79. The lowest BCUT2D eigenvalue weighted by Crippen LogP contribution is -2.17. The average Bonchev–Trinajstić information content (AvgIpc) is 2.70. The largest absolute Gasteiger partial charge is 0.373 e. The Morgan fingerprint density at radius 3 is 3.00 bits per heavy atom. The molecule has 0 spiro atoms. The third kappa shape index (κ3) is 2.25. The van der Waals surface area contributed by atoms with Crippen LogP contribution in [0, 0.1) is 12.8 Å². The topological polar surface area (TPSA) is 35.2 Å². The molecular weight excluding hydrogens is 254 g/mol. The summed E-state index contributed by atoms with van der Waals surface area (Å²) in [6.07, 6.45) is 1.28. The Balaban J connectivity index is 2.25. The monoisotopic (exact) mass is 269 g/mol. The van der Waals surface area contributed by atoms with Crippen molar-refractivity contribution in [1.82, 2.24) is 0 Å². The molecule has 0 radical (unpaired) electrons. The number of rotatable bonds is 2. The Hall–Kier alpha value is -0.380. The van der Waals surface area contributed by atoms with Gasteiger partial charge in [0.1, 0.15) is 0 Å². The average molecular weight is 270 g/mol. The molecule has 1 aromatic rings. The number of hydrogen-bond donors (Lipinski definition) is 1. The fourth-order valence-electron chi connectivity index (χ4n) is 2.09. The van der Waals surface area contributed by atoms with Gasteiger partial charge in [-0.1, -0.05) is 28.1 Å². The number of ether oxygens (including phenoxy) is 1. The second-order valence-electron chi connectivity index (χ2n) is 4.08. The number of halogens is 1. The zero-order valence-corrected chi connectivity index (χ0v) is 10.5. The summed E-state index contributed by atoms with van der Waals surface area (Å²) >= 11 is 3.50. The minimum absolute atomic E-state index is 0.196. The molecule has 2 rings (SSSR count). The van der Waals surface area contributed by atoms with Gasteiger partial charge in [0.2, 0.25) is 0 Å². The molecule has 1 aromatic carbocycles. The standard InChI is InChI=1S/C12H16BrNO/c1-8-6-9(2-3-11(8)13)12-10(7-14)4-5-15-12/h2-3,6,10,12H,4-5,7,14H2,1H3. The first-order valence-electron chi connectivity index (χ1n) is 5.30. The summed E-state index contributed by atoms with van der Waals surface area (Å²) in [5, 5.41) is 0. The molecule has 2 N–H and O–H groups in total. The number of benzene rings is 1. The fourth-order valence-corrected chi connectivity index (χ4v) is 2.34. The summed E-state index contributed by atoms with van der Waals surface area (Å²) in [5.41, 5.74) is 8.24. The predicted molar refractivity (Wildman–Crippen MR) is 64.7 cm³/mol. The lowest BCUT2D eigenvalue weighted by Gasteiger charge is -2.17. The van der Waals surface area contributed by atoms with Crippen molar-refractivity contribution in [2.45, 2.75) is 19.4 Å². The second-order valence-corrected chi connectivity index (χ2v) is 4.94. The van der Waals surface area contributed by atoms with Crippen LogP contribution in [-0.4, -0.2) is 13.2 Å². The van der Waals surface area contributed by atoms with Gasteiger partial charge in [-0.2, -0.15) is 0 Å². The first-order chi connectivity index (χ1) is 7.22. The number of aryl methyl sites for hydroxylation is 1. The van der Waals surface area contributed by atoms with Gasteiger partial charge in [-0.05, 0) is 37.1 Å². The Morgan fingerprint density at radius 1 is 1.53 bits per heavy atom. The van der Waals surface area contributed by atoms with Crippen LogP contribution in [0.3, 0.4) is 0 Å². The van der Waals surface area contributed by atoms with E-state index in [4.69, 9.17) is 10.5 Å². The van der Waals surface area contributed by atoms with Crippen LogP contribution in [0.25, 0.3) is 0 Å². The van der Waals surface area contributed by atoms with Crippen LogP contribution >= 0.6 is 15.9 Å². The van der Waals surface area contributed by atoms with Crippen molar-refractivity contribution in [2.24, 2.45) is 11.7 Å². The molecule has 15 heavy (non-hydrogen) atoms. The molecule has 1 heterocycles. The summed E-state index contributed by atoms with van der Waals surface area (Å²) in [5.74, 6) is 0.477. The van der Waals surface area contributed by atoms with E-state index in [9.17, 15) is 0 Å². The zero-order valence-electron chi connectivity index (χ0n) is 8.87. The molecule has 2 nitrogen and oxygen atoms in total. The van der Waals surface area contributed by atoms with Crippen molar-refractivity contribution in [3.05, 3.63) is 33.8 Å². The van der Waals surface area contributed by atoms with E-state index < -0.39 is 0 Å². The third-order valence-electron chi connectivity index (χ3n) is 3.03. The highest BCUT2D eigenvalue weighted by molar-refractivity contribution is 9.10. The molecule has 0 amide bonds. The van der Waals surface area contributed by atoms with Gasteiger partial charge in [-0.15, -0.1) is 0 Å². The normalized spacial score (nSPS) is 25.8. The van der Waals surface area contributed by atoms with Gasteiger partial charge in [0.25, 0.3) is 0 Å². The van der Waals surface area contributed by atoms with Crippen LogP contribution in [0.4, 0.5) is 0 Å². The van der Waals surface area contributed by atoms with Crippen LogP contribution in [0.1, 0.15) is 23.7 Å². The van der Waals surface area contributed by atoms with Crippen molar-refractivity contribution < 1.29 is 4.74 Å². The SMILES string of the molecule is Cc1cc(C2OCCC2CN)ccc1Br. The van der Waals surface area contributed by atoms with Crippen LogP contribution in [0.5, 0.6) is 0 Å². The first kappa shape index (κ1) is 11.1.